The number of aliphatic hydroxyl groups excluding tert-OH is 1. The smallest absolute Gasteiger partial charge is 0.337 e. The number of aromatic carboxylic acids is 1. The first-order chi connectivity index (χ1) is 9.47. The van der Waals surface area contributed by atoms with E-state index in [0.717, 1.165) is 0 Å². The normalized spacial score (nSPS) is 20.9. The van der Waals surface area contributed by atoms with Crippen LogP contribution in [0.1, 0.15) is 23.2 Å². The van der Waals surface area contributed by atoms with E-state index < -0.39 is 5.97 Å². The molecule has 0 saturated heterocycles. The second-order valence-electron chi connectivity index (χ2n) is 5.15. The summed E-state index contributed by atoms with van der Waals surface area (Å²) in [6.45, 7) is 0.554. The summed E-state index contributed by atoms with van der Waals surface area (Å²) in [5.41, 5.74) is 0.346. The molecule has 1 fully saturated rings. The third-order valence-electron chi connectivity index (χ3n) is 3.49. The Balaban J connectivity index is 1.95. The van der Waals surface area contributed by atoms with Gasteiger partial charge in [-0.25, -0.2) is 9.59 Å². The molecule has 1 saturated carbocycles. The van der Waals surface area contributed by atoms with E-state index in [1.165, 1.54) is 11.0 Å². The summed E-state index contributed by atoms with van der Waals surface area (Å²) >= 11 is 0. The highest BCUT2D eigenvalue weighted by Gasteiger charge is 2.29. The highest BCUT2D eigenvalue weighted by Crippen LogP contribution is 2.27. The summed E-state index contributed by atoms with van der Waals surface area (Å²) in [6, 6.07) is 5.94. The lowest BCUT2D eigenvalue weighted by molar-refractivity contribution is 0.0332. The number of rotatable bonds is 4. The SMILES string of the molecule is CN(CC1CC(O)C1)C(=O)Nc1ccccc1C(=O)O. The molecular formula is C14H18N2O4. The van der Waals surface area contributed by atoms with Crippen molar-refractivity contribution in [3.8, 4) is 0 Å². The number of hydrogen-bond donors (Lipinski definition) is 3. The van der Waals surface area contributed by atoms with Gasteiger partial charge >= 0.3 is 12.0 Å². The summed E-state index contributed by atoms with van der Waals surface area (Å²) in [5.74, 6) is -0.763. The highest BCUT2D eigenvalue weighted by molar-refractivity contribution is 5.99. The number of benzene rings is 1. The molecule has 1 aliphatic rings. The number of carboxylic acids is 1. The molecule has 0 aromatic heterocycles. The van der Waals surface area contributed by atoms with Crippen LogP contribution in [0.2, 0.25) is 0 Å². The molecule has 108 valence electrons. The van der Waals surface area contributed by atoms with Crippen LogP contribution in [0.4, 0.5) is 10.5 Å². The van der Waals surface area contributed by atoms with Gasteiger partial charge in [0.2, 0.25) is 0 Å². The molecule has 1 aromatic rings. The molecule has 0 aliphatic heterocycles. The maximum Gasteiger partial charge on any atom is 0.337 e. The highest BCUT2D eigenvalue weighted by atomic mass is 16.4. The van der Waals surface area contributed by atoms with Crippen molar-refractivity contribution in [3.63, 3.8) is 0 Å². The molecule has 2 rings (SSSR count). The Hall–Kier alpha value is -2.08. The van der Waals surface area contributed by atoms with Crippen molar-refractivity contribution in [1.82, 2.24) is 4.90 Å². The summed E-state index contributed by atoms with van der Waals surface area (Å²) in [6.07, 6.45) is 1.18. The van der Waals surface area contributed by atoms with Crippen LogP contribution in [0.5, 0.6) is 0 Å². The topological polar surface area (TPSA) is 89.9 Å². The number of carbonyl (C=O) groups is 2. The van der Waals surface area contributed by atoms with Crippen LogP contribution in [-0.2, 0) is 0 Å². The molecule has 3 N–H and O–H groups in total. The number of anilines is 1. The molecule has 1 aromatic carbocycles. The molecule has 0 unspecified atom stereocenters. The summed E-state index contributed by atoms with van der Waals surface area (Å²) < 4.78 is 0. The quantitative estimate of drug-likeness (QED) is 0.780. The van der Waals surface area contributed by atoms with E-state index in [1.54, 1.807) is 25.2 Å². The zero-order valence-corrected chi connectivity index (χ0v) is 11.2. The third kappa shape index (κ3) is 3.27. The number of amides is 2. The lowest BCUT2D eigenvalue weighted by Crippen LogP contribution is -2.41. The minimum Gasteiger partial charge on any atom is -0.478 e. The van der Waals surface area contributed by atoms with E-state index in [0.29, 0.717) is 25.3 Å². The van der Waals surface area contributed by atoms with Crippen LogP contribution in [0.25, 0.3) is 0 Å². The van der Waals surface area contributed by atoms with Crippen LogP contribution < -0.4 is 5.32 Å². The number of hydrogen-bond acceptors (Lipinski definition) is 3. The molecule has 0 spiro atoms. The first-order valence-corrected chi connectivity index (χ1v) is 6.50. The Morgan fingerprint density at radius 1 is 1.35 bits per heavy atom. The van der Waals surface area contributed by atoms with Crippen LogP contribution >= 0.6 is 0 Å². The van der Waals surface area contributed by atoms with Gasteiger partial charge in [-0.2, -0.15) is 0 Å². The first kappa shape index (κ1) is 14.3. The Kier molecular flexibility index (Phi) is 4.24. The lowest BCUT2D eigenvalue weighted by atomic mass is 9.82. The van der Waals surface area contributed by atoms with Crippen molar-refractivity contribution in [3.05, 3.63) is 29.8 Å². The van der Waals surface area contributed by atoms with E-state index in [2.05, 4.69) is 5.32 Å². The van der Waals surface area contributed by atoms with Gasteiger partial charge in [-0.3, -0.25) is 0 Å². The maximum atomic E-state index is 12.0. The maximum absolute atomic E-state index is 12.0. The second kappa shape index (κ2) is 5.92. The number of urea groups is 1. The van der Waals surface area contributed by atoms with Crippen LogP contribution in [0.15, 0.2) is 24.3 Å². The minimum absolute atomic E-state index is 0.0633. The molecule has 6 heteroatoms. The van der Waals surface area contributed by atoms with Crippen molar-refractivity contribution in [2.75, 3.05) is 18.9 Å². The van der Waals surface area contributed by atoms with Gasteiger partial charge in [-0.1, -0.05) is 12.1 Å². The van der Waals surface area contributed by atoms with E-state index >= 15 is 0 Å². The third-order valence-corrected chi connectivity index (χ3v) is 3.49. The summed E-state index contributed by atoms with van der Waals surface area (Å²) in [7, 11) is 1.66. The Morgan fingerprint density at radius 2 is 2.00 bits per heavy atom. The molecule has 6 nitrogen and oxygen atoms in total. The van der Waals surface area contributed by atoms with Crippen molar-refractivity contribution >= 4 is 17.7 Å². The number of para-hydroxylation sites is 1. The molecular weight excluding hydrogens is 260 g/mol. The van der Waals surface area contributed by atoms with Crippen molar-refractivity contribution in [2.45, 2.75) is 18.9 Å². The fourth-order valence-corrected chi connectivity index (χ4v) is 2.31. The van der Waals surface area contributed by atoms with Crippen molar-refractivity contribution < 1.29 is 19.8 Å². The second-order valence-corrected chi connectivity index (χ2v) is 5.15. The molecule has 0 heterocycles. The average molecular weight is 278 g/mol. The molecule has 0 radical (unpaired) electrons. The Labute approximate surface area is 117 Å². The molecule has 1 aliphatic carbocycles. The van der Waals surface area contributed by atoms with Gasteiger partial charge in [-0.15, -0.1) is 0 Å². The van der Waals surface area contributed by atoms with Crippen molar-refractivity contribution in [2.24, 2.45) is 5.92 Å². The van der Waals surface area contributed by atoms with Crippen LogP contribution in [-0.4, -0.2) is 46.8 Å². The first-order valence-electron chi connectivity index (χ1n) is 6.50. The zero-order valence-electron chi connectivity index (χ0n) is 11.2. The van der Waals surface area contributed by atoms with Crippen LogP contribution in [0, 0.1) is 5.92 Å². The van der Waals surface area contributed by atoms with Gasteiger partial charge in [0, 0.05) is 13.6 Å². The van der Waals surface area contributed by atoms with E-state index in [4.69, 9.17) is 5.11 Å². The van der Waals surface area contributed by atoms with Gasteiger partial charge in [-0.05, 0) is 30.9 Å². The van der Waals surface area contributed by atoms with Gasteiger partial charge in [0.1, 0.15) is 0 Å². The number of nitrogens with zero attached hydrogens (tertiary/aromatic N) is 1. The molecule has 0 atom stereocenters. The Morgan fingerprint density at radius 3 is 2.60 bits per heavy atom. The number of carboxylic acid groups (broad SMARTS) is 1. The zero-order chi connectivity index (χ0) is 14.7. The predicted octanol–water partition coefficient (Wildman–Crippen LogP) is 1.62. The number of aliphatic hydroxyl groups is 1. The molecule has 2 amide bonds. The fourth-order valence-electron chi connectivity index (χ4n) is 2.31. The van der Waals surface area contributed by atoms with E-state index in [9.17, 15) is 14.7 Å². The van der Waals surface area contributed by atoms with Crippen molar-refractivity contribution in [1.29, 1.82) is 0 Å². The molecule has 0 bridgehead atoms. The monoisotopic (exact) mass is 278 g/mol. The number of carbonyl (C=O) groups excluding carboxylic acids is 1. The predicted molar refractivity (Wildman–Crippen MR) is 73.8 cm³/mol. The van der Waals surface area contributed by atoms with Gasteiger partial charge in [0.25, 0.3) is 0 Å². The lowest BCUT2D eigenvalue weighted by Gasteiger charge is -2.34. The number of nitrogens with one attached hydrogen (secondary N) is 1. The summed E-state index contributed by atoms with van der Waals surface area (Å²) in [5, 5.41) is 20.9. The standard InChI is InChI=1S/C14H18N2O4/c1-16(8-9-6-10(17)7-9)14(20)15-12-5-3-2-4-11(12)13(18)19/h2-5,9-10,17H,6-8H2,1H3,(H,15,20)(H,18,19). The van der Waals surface area contributed by atoms with Crippen LogP contribution in [0.3, 0.4) is 0 Å². The van der Waals surface area contributed by atoms with Gasteiger partial charge in [0.05, 0.1) is 17.4 Å². The average Bonchev–Trinajstić information content (AvgIpc) is 2.37. The van der Waals surface area contributed by atoms with E-state index in [-0.39, 0.29) is 23.4 Å². The van der Waals surface area contributed by atoms with E-state index in [1.807, 2.05) is 0 Å². The summed E-state index contributed by atoms with van der Waals surface area (Å²) in [4.78, 5) is 24.6. The van der Waals surface area contributed by atoms with Gasteiger partial charge < -0.3 is 20.4 Å². The Bertz CT molecular complexity index is 512. The largest absolute Gasteiger partial charge is 0.478 e. The molecule has 20 heavy (non-hydrogen) atoms. The minimum atomic E-state index is -1.08. The fraction of sp³-hybridized carbons (Fsp3) is 0.429. The van der Waals surface area contributed by atoms with Gasteiger partial charge in [0.15, 0.2) is 0 Å².